The first-order valence-electron chi connectivity index (χ1n) is 3.34. The summed E-state index contributed by atoms with van der Waals surface area (Å²) in [6, 6.07) is 2.96. The van der Waals surface area contributed by atoms with Crippen molar-refractivity contribution in [2.75, 3.05) is 6.54 Å². The molecular formula is C7H11N3O. The predicted molar refractivity (Wildman–Crippen MR) is 41.9 cm³/mol. The lowest BCUT2D eigenvalue weighted by Crippen LogP contribution is -2.21. The van der Waals surface area contributed by atoms with E-state index in [-0.39, 0.29) is 11.8 Å². The first-order chi connectivity index (χ1) is 5.24. The fraction of sp³-hybridized carbons (Fsp3) is 0.286. The normalized spacial score (nSPS) is 12.9. The number of hydrogen-bond acceptors (Lipinski definition) is 4. The first-order valence-corrected chi connectivity index (χ1v) is 3.34. The lowest BCUT2D eigenvalue weighted by atomic mass is 10.2. The second-order valence-electron chi connectivity index (χ2n) is 2.28. The molecule has 1 rings (SSSR count). The van der Waals surface area contributed by atoms with Gasteiger partial charge in [-0.15, -0.1) is 0 Å². The van der Waals surface area contributed by atoms with Gasteiger partial charge in [0.25, 0.3) is 0 Å². The molecule has 5 N–H and O–H groups in total. The largest absolute Gasteiger partial charge is 0.506 e. The summed E-state index contributed by atoms with van der Waals surface area (Å²) in [5.74, 6) is 0.137. The summed E-state index contributed by atoms with van der Waals surface area (Å²) < 4.78 is 0. The van der Waals surface area contributed by atoms with Crippen LogP contribution in [0.4, 0.5) is 0 Å². The van der Waals surface area contributed by atoms with E-state index in [1.807, 2.05) is 0 Å². The maximum atomic E-state index is 8.88. The molecule has 0 spiro atoms. The van der Waals surface area contributed by atoms with Crippen molar-refractivity contribution in [2.45, 2.75) is 6.04 Å². The van der Waals surface area contributed by atoms with E-state index in [1.165, 1.54) is 12.3 Å². The van der Waals surface area contributed by atoms with Crippen LogP contribution in [0.1, 0.15) is 11.7 Å². The molecule has 0 saturated heterocycles. The van der Waals surface area contributed by atoms with E-state index >= 15 is 0 Å². The average molecular weight is 153 g/mol. The summed E-state index contributed by atoms with van der Waals surface area (Å²) in [4.78, 5) is 3.89. The zero-order valence-corrected chi connectivity index (χ0v) is 6.07. The minimum absolute atomic E-state index is 0.137. The van der Waals surface area contributed by atoms with Crippen LogP contribution >= 0.6 is 0 Å². The fourth-order valence-corrected chi connectivity index (χ4v) is 0.738. The molecule has 1 atom stereocenters. The molecule has 0 saturated carbocycles. The van der Waals surface area contributed by atoms with Gasteiger partial charge in [-0.05, 0) is 12.1 Å². The van der Waals surface area contributed by atoms with Crippen molar-refractivity contribution in [3.8, 4) is 5.75 Å². The molecule has 11 heavy (non-hydrogen) atoms. The van der Waals surface area contributed by atoms with Gasteiger partial charge in [-0.2, -0.15) is 0 Å². The monoisotopic (exact) mass is 153 g/mol. The Morgan fingerprint density at radius 3 is 2.73 bits per heavy atom. The van der Waals surface area contributed by atoms with Gasteiger partial charge in [0, 0.05) is 6.54 Å². The summed E-state index contributed by atoms with van der Waals surface area (Å²) >= 11 is 0. The molecule has 60 valence electrons. The van der Waals surface area contributed by atoms with Crippen molar-refractivity contribution in [2.24, 2.45) is 11.5 Å². The number of aromatic hydroxyl groups is 1. The Labute approximate surface area is 64.9 Å². The van der Waals surface area contributed by atoms with E-state index in [0.29, 0.717) is 12.2 Å². The standard InChI is InChI=1S/C7H11N3O/c8-3-6(9)7-2-1-5(11)4-10-7/h1-2,4,6,11H,3,8-9H2/t6-/m1/s1. The minimum Gasteiger partial charge on any atom is -0.506 e. The molecule has 1 aromatic heterocycles. The van der Waals surface area contributed by atoms with Crippen LogP contribution in [0.15, 0.2) is 18.3 Å². The van der Waals surface area contributed by atoms with Crippen molar-refractivity contribution in [1.82, 2.24) is 4.98 Å². The van der Waals surface area contributed by atoms with Crippen molar-refractivity contribution in [3.63, 3.8) is 0 Å². The minimum atomic E-state index is -0.240. The average Bonchev–Trinajstić information content (AvgIpc) is 2.05. The Morgan fingerprint density at radius 1 is 1.55 bits per heavy atom. The van der Waals surface area contributed by atoms with Crippen molar-refractivity contribution in [3.05, 3.63) is 24.0 Å². The van der Waals surface area contributed by atoms with Gasteiger partial charge in [0.2, 0.25) is 0 Å². The van der Waals surface area contributed by atoms with E-state index in [4.69, 9.17) is 16.6 Å². The van der Waals surface area contributed by atoms with Gasteiger partial charge in [0.05, 0.1) is 17.9 Å². The van der Waals surface area contributed by atoms with Gasteiger partial charge in [-0.1, -0.05) is 0 Å². The Balaban J connectivity index is 2.81. The molecule has 0 aromatic carbocycles. The van der Waals surface area contributed by atoms with Gasteiger partial charge >= 0.3 is 0 Å². The second kappa shape index (κ2) is 3.32. The van der Waals surface area contributed by atoms with Gasteiger partial charge in [0.15, 0.2) is 0 Å². The predicted octanol–water partition coefficient (Wildman–Crippen LogP) is -0.254. The second-order valence-corrected chi connectivity index (χ2v) is 2.28. The molecule has 0 radical (unpaired) electrons. The zero-order valence-electron chi connectivity index (χ0n) is 6.07. The molecule has 0 aliphatic rings. The third kappa shape index (κ3) is 1.89. The van der Waals surface area contributed by atoms with E-state index in [1.54, 1.807) is 6.07 Å². The van der Waals surface area contributed by atoms with Crippen LogP contribution in [0.25, 0.3) is 0 Å². The van der Waals surface area contributed by atoms with Crippen molar-refractivity contribution in [1.29, 1.82) is 0 Å². The third-order valence-electron chi connectivity index (χ3n) is 1.40. The number of nitrogens with two attached hydrogens (primary N) is 2. The summed E-state index contributed by atoms with van der Waals surface area (Å²) in [5.41, 5.74) is 11.6. The smallest absolute Gasteiger partial charge is 0.133 e. The highest BCUT2D eigenvalue weighted by Gasteiger charge is 2.03. The highest BCUT2D eigenvalue weighted by molar-refractivity contribution is 5.19. The van der Waals surface area contributed by atoms with Gasteiger partial charge in [-0.25, -0.2) is 0 Å². The zero-order chi connectivity index (χ0) is 8.27. The molecule has 1 aromatic rings. The summed E-state index contributed by atoms with van der Waals surface area (Å²) in [6.07, 6.45) is 1.35. The topological polar surface area (TPSA) is 85.2 Å². The van der Waals surface area contributed by atoms with Gasteiger partial charge in [-0.3, -0.25) is 4.98 Å². The lowest BCUT2D eigenvalue weighted by molar-refractivity contribution is 0.471. The molecule has 0 aliphatic heterocycles. The van der Waals surface area contributed by atoms with Crippen LogP contribution in [0, 0.1) is 0 Å². The highest BCUT2D eigenvalue weighted by atomic mass is 16.3. The SMILES string of the molecule is NC[C@@H](N)c1ccc(O)cn1. The Kier molecular flexibility index (Phi) is 2.40. The Bertz CT molecular complexity index is 222. The van der Waals surface area contributed by atoms with Gasteiger partial charge < -0.3 is 16.6 Å². The molecule has 0 unspecified atom stereocenters. The Hall–Kier alpha value is -1.13. The maximum absolute atomic E-state index is 8.88. The van der Waals surface area contributed by atoms with Crippen LogP contribution in [0.5, 0.6) is 5.75 Å². The van der Waals surface area contributed by atoms with Crippen LogP contribution in [-0.2, 0) is 0 Å². The quantitative estimate of drug-likeness (QED) is 0.546. The van der Waals surface area contributed by atoms with E-state index in [0.717, 1.165) is 0 Å². The molecule has 0 fully saturated rings. The maximum Gasteiger partial charge on any atom is 0.133 e. The molecule has 4 heteroatoms. The van der Waals surface area contributed by atoms with E-state index in [2.05, 4.69) is 4.98 Å². The molecular weight excluding hydrogens is 142 g/mol. The lowest BCUT2D eigenvalue weighted by Gasteiger charge is -2.06. The van der Waals surface area contributed by atoms with Crippen LogP contribution in [-0.4, -0.2) is 16.6 Å². The number of aromatic nitrogens is 1. The fourth-order valence-electron chi connectivity index (χ4n) is 0.738. The van der Waals surface area contributed by atoms with Crippen LogP contribution in [0.2, 0.25) is 0 Å². The third-order valence-corrected chi connectivity index (χ3v) is 1.40. The summed E-state index contributed by atoms with van der Waals surface area (Å²) in [7, 11) is 0. The number of rotatable bonds is 2. The summed E-state index contributed by atoms with van der Waals surface area (Å²) in [6.45, 7) is 0.359. The van der Waals surface area contributed by atoms with Crippen LogP contribution < -0.4 is 11.5 Å². The van der Waals surface area contributed by atoms with Crippen LogP contribution in [0.3, 0.4) is 0 Å². The molecule has 0 amide bonds. The number of nitrogens with zero attached hydrogens (tertiary/aromatic N) is 1. The molecule has 0 aliphatic carbocycles. The highest BCUT2D eigenvalue weighted by Crippen LogP contribution is 2.09. The van der Waals surface area contributed by atoms with Gasteiger partial charge in [0.1, 0.15) is 5.75 Å². The molecule has 1 heterocycles. The van der Waals surface area contributed by atoms with Crippen molar-refractivity contribution < 1.29 is 5.11 Å². The molecule has 4 nitrogen and oxygen atoms in total. The first kappa shape index (κ1) is 7.97. The van der Waals surface area contributed by atoms with Crippen molar-refractivity contribution >= 4 is 0 Å². The number of pyridine rings is 1. The molecule has 0 bridgehead atoms. The van der Waals surface area contributed by atoms with E-state index in [9.17, 15) is 0 Å². The summed E-state index contributed by atoms with van der Waals surface area (Å²) in [5, 5.41) is 8.88. The van der Waals surface area contributed by atoms with E-state index < -0.39 is 0 Å². The Morgan fingerprint density at radius 2 is 2.27 bits per heavy atom. The number of hydrogen-bond donors (Lipinski definition) is 3.